The van der Waals surface area contributed by atoms with Crippen LogP contribution in [0, 0.1) is 5.82 Å². The molecule has 1 amide bonds. The number of aromatic nitrogens is 3. The number of carbonyl (C=O) groups is 1. The van der Waals surface area contributed by atoms with Gasteiger partial charge in [-0.15, -0.1) is 0 Å². The molecule has 3 aliphatic rings. The normalized spacial score (nSPS) is 24.4. The van der Waals surface area contributed by atoms with Crippen molar-refractivity contribution in [3.8, 4) is 0 Å². The van der Waals surface area contributed by atoms with E-state index in [1.54, 1.807) is 12.3 Å². The number of benzene rings is 1. The van der Waals surface area contributed by atoms with Gasteiger partial charge in [0.05, 0.1) is 30.2 Å². The Labute approximate surface area is 209 Å². The molecule has 3 atom stereocenters. The monoisotopic (exact) mass is 491 g/mol. The Morgan fingerprint density at radius 1 is 1.11 bits per heavy atom. The minimum Gasteiger partial charge on any atom is -0.448 e. The lowest BCUT2D eigenvalue weighted by Crippen LogP contribution is -2.46. The molecule has 0 saturated carbocycles. The summed E-state index contributed by atoms with van der Waals surface area (Å²) in [5, 5.41) is 4.43. The molecule has 1 aromatic carbocycles. The molecule has 3 saturated heterocycles. The smallest absolute Gasteiger partial charge is 0.410 e. The SMILES string of the molecule is CC1CC(Nc2cnccc2N2CCC(N3CCOC3=O)C2)CCN1c1ncc2cccc(F)c2n1. The number of halogens is 1. The highest BCUT2D eigenvalue weighted by atomic mass is 19.1. The molecule has 36 heavy (non-hydrogen) atoms. The summed E-state index contributed by atoms with van der Waals surface area (Å²) in [6.45, 7) is 5.76. The van der Waals surface area contributed by atoms with Crippen molar-refractivity contribution in [3.05, 3.63) is 48.7 Å². The highest BCUT2D eigenvalue weighted by Crippen LogP contribution is 2.33. The van der Waals surface area contributed by atoms with Crippen molar-refractivity contribution in [3.63, 3.8) is 0 Å². The number of nitrogens with one attached hydrogen (secondary N) is 1. The number of anilines is 3. The lowest BCUT2D eigenvalue weighted by Gasteiger charge is -2.38. The van der Waals surface area contributed by atoms with Gasteiger partial charge >= 0.3 is 6.09 Å². The Balaban J connectivity index is 1.13. The van der Waals surface area contributed by atoms with Crippen molar-refractivity contribution in [2.45, 2.75) is 44.3 Å². The Kier molecular flexibility index (Phi) is 5.94. The van der Waals surface area contributed by atoms with Crippen molar-refractivity contribution in [2.75, 3.05) is 47.9 Å². The zero-order valence-corrected chi connectivity index (χ0v) is 20.3. The van der Waals surface area contributed by atoms with Gasteiger partial charge in [0.25, 0.3) is 0 Å². The number of cyclic esters (lactones) is 1. The maximum Gasteiger partial charge on any atom is 0.410 e. The van der Waals surface area contributed by atoms with Gasteiger partial charge in [-0.05, 0) is 38.3 Å². The summed E-state index contributed by atoms with van der Waals surface area (Å²) in [6, 6.07) is 7.62. The average molecular weight is 492 g/mol. The molecule has 0 aliphatic carbocycles. The van der Waals surface area contributed by atoms with Crippen LogP contribution in [0.5, 0.6) is 0 Å². The molecule has 3 fully saturated rings. The second-order valence-corrected chi connectivity index (χ2v) is 9.84. The van der Waals surface area contributed by atoms with Crippen LogP contribution >= 0.6 is 0 Å². The summed E-state index contributed by atoms with van der Waals surface area (Å²) in [5.41, 5.74) is 2.49. The molecule has 0 radical (unpaired) electrons. The van der Waals surface area contributed by atoms with Crippen molar-refractivity contribution in [2.24, 2.45) is 0 Å². The van der Waals surface area contributed by atoms with Gasteiger partial charge in [0, 0.05) is 49.5 Å². The number of pyridine rings is 1. The van der Waals surface area contributed by atoms with Crippen molar-refractivity contribution in [1.82, 2.24) is 19.9 Å². The lowest BCUT2D eigenvalue weighted by molar-refractivity contribution is 0.150. The maximum atomic E-state index is 14.3. The summed E-state index contributed by atoms with van der Waals surface area (Å²) in [5.74, 6) is 0.249. The average Bonchev–Trinajstić information content (AvgIpc) is 3.54. The molecular formula is C26H30FN7O2. The predicted octanol–water partition coefficient (Wildman–Crippen LogP) is 3.66. The van der Waals surface area contributed by atoms with Crippen LogP contribution in [-0.4, -0.2) is 76.9 Å². The zero-order valence-electron chi connectivity index (χ0n) is 20.3. The van der Waals surface area contributed by atoms with E-state index in [1.165, 1.54) is 6.07 Å². The highest BCUT2D eigenvalue weighted by molar-refractivity contribution is 5.79. The third-order valence-corrected chi connectivity index (χ3v) is 7.58. The first-order valence-electron chi connectivity index (χ1n) is 12.6. The van der Waals surface area contributed by atoms with Crippen molar-refractivity contribution < 1.29 is 13.9 Å². The van der Waals surface area contributed by atoms with Crippen LogP contribution in [0.3, 0.4) is 0 Å². The molecule has 9 nitrogen and oxygen atoms in total. The minimum atomic E-state index is -0.324. The van der Waals surface area contributed by atoms with Crippen LogP contribution < -0.4 is 15.1 Å². The standard InChI is InChI=1S/C26H30FN7O2/c1-17-13-19(6-10-33(17)25-29-14-18-3-2-4-21(27)24(18)31-25)30-22-15-28-8-5-23(22)32-9-7-20(16-32)34-11-12-36-26(34)35/h2-5,8,14-15,17,19-20,30H,6-7,9-13,16H2,1H3. The Morgan fingerprint density at radius 2 is 2.03 bits per heavy atom. The number of ether oxygens (including phenoxy) is 1. The van der Waals surface area contributed by atoms with Crippen LogP contribution in [0.1, 0.15) is 26.2 Å². The van der Waals surface area contributed by atoms with E-state index in [4.69, 9.17) is 4.74 Å². The number of rotatable bonds is 5. The number of para-hydroxylation sites is 1. The summed E-state index contributed by atoms with van der Waals surface area (Å²) in [6.07, 6.45) is 7.94. The number of hydrogen-bond acceptors (Lipinski definition) is 8. The van der Waals surface area contributed by atoms with Gasteiger partial charge in [0.1, 0.15) is 17.9 Å². The largest absolute Gasteiger partial charge is 0.448 e. The molecule has 6 rings (SSSR count). The molecule has 2 aromatic heterocycles. The van der Waals surface area contributed by atoms with E-state index in [-0.39, 0.29) is 30.0 Å². The minimum absolute atomic E-state index is 0.177. The van der Waals surface area contributed by atoms with Gasteiger partial charge in [-0.3, -0.25) is 9.88 Å². The Morgan fingerprint density at radius 3 is 2.86 bits per heavy atom. The first-order chi connectivity index (χ1) is 17.6. The maximum absolute atomic E-state index is 14.3. The van der Waals surface area contributed by atoms with Gasteiger partial charge in [-0.2, -0.15) is 0 Å². The second-order valence-electron chi connectivity index (χ2n) is 9.84. The van der Waals surface area contributed by atoms with Gasteiger partial charge in [0.2, 0.25) is 5.95 Å². The van der Waals surface area contributed by atoms with Crippen LogP contribution in [0.25, 0.3) is 10.9 Å². The van der Waals surface area contributed by atoms with E-state index in [2.05, 4.69) is 37.0 Å². The lowest BCUT2D eigenvalue weighted by atomic mass is 9.98. The molecular weight excluding hydrogens is 461 g/mol. The third-order valence-electron chi connectivity index (χ3n) is 7.58. The fourth-order valence-corrected chi connectivity index (χ4v) is 5.70. The second kappa shape index (κ2) is 9.40. The summed E-state index contributed by atoms with van der Waals surface area (Å²) < 4.78 is 19.4. The third kappa shape index (κ3) is 4.25. The highest BCUT2D eigenvalue weighted by Gasteiger charge is 2.35. The quantitative estimate of drug-likeness (QED) is 0.579. The van der Waals surface area contributed by atoms with Crippen LogP contribution in [-0.2, 0) is 4.74 Å². The van der Waals surface area contributed by atoms with Gasteiger partial charge in [-0.25, -0.2) is 19.2 Å². The molecule has 3 aromatic rings. The summed E-state index contributed by atoms with van der Waals surface area (Å²) in [4.78, 5) is 31.8. The summed E-state index contributed by atoms with van der Waals surface area (Å²) >= 11 is 0. The molecule has 0 spiro atoms. The number of amides is 1. The van der Waals surface area contributed by atoms with Crippen molar-refractivity contribution in [1.29, 1.82) is 0 Å². The first kappa shape index (κ1) is 22.8. The number of fused-ring (bicyclic) bond motifs is 1. The Hall–Kier alpha value is -3.69. The number of carbonyl (C=O) groups excluding carboxylic acids is 1. The topological polar surface area (TPSA) is 86.7 Å². The predicted molar refractivity (Wildman–Crippen MR) is 136 cm³/mol. The van der Waals surface area contributed by atoms with Gasteiger partial charge in [0.15, 0.2) is 0 Å². The molecule has 5 heterocycles. The zero-order chi connectivity index (χ0) is 24.6. The molecule has 0 bridgehead atoms. The number of hydrogen-bond donors (Lipinski definition) is 1. The molecule has 3 aliphatic heterocycles. The number of nitrogens with zero attached hydrogens (tertiary/aromatic N) is 6. The van der Waals surface area contributed by atoms with Crippen LogP contribution in [0.2, 0.25) is 0 Å². The van der Waals surface area contributed by atoms with Gasteiger partial charge in [-0.1, -0.05) is 12.1 Å². The fourth-order valence-electron chi connectivity index (χ4n) is 5.70. The van der Waals surface area contributed by atoms with Gasteiger partial charge < -0.3 is 19.9 Å². The van der Waals surface area contributed by atoms with E-state index >= 15 is 0 Å². The summed E-state index contributed by atoms with van der Waals surface area (Å²) in [7, 11) is 0. The molecule has 188 valence electrons. The fraction of sp³-hybridized carbons (Fsp3) is 0.462. The van der Waals surface area contributed by atoms with E-state index in [0.29, 0.717) is 30.0 Å². The van der Waals surface area contributed by atoms with E-state index in [1.807, 2.05) is 29.4 Å². The molecule has 3 unspecified atom stereocenters. The van der Waals surface area contributed by atoms with E-state index in [0.717, 1.165) is 50.3 Å². The van der Waals surface area contributed by atoms with E-state index < -0.39 is 0 Å². The molecule has 1 N–H and O–H groups in total. The van der Waals surface area contributed by atoms with Crippen molar-refractivity contribution >= 4 is 34.3 Å². The first-order valence-corrected chi connectivity index (χ1v) is 12.6. The van der Waals surface area contributed by atoms with E-state index in [9.17, 15) is 9.18 Å². The Bertz CT molecular complexity index is 1270. The van der Waals surface area contributed by atoms with Crippen LogP contribution in [0.15, 0.2) is 42.9 Å². The van der Waals surface area contributed by atoms with Crippen LogP contribution in [0.4, 0.5) is 26.5 Å². The number of piperidine rings is 1. The molecule has 10 heteroatoms.